The summed E-state index contributed by atoms with van der Waals surface area (Å²) in [7, 11) is 1.81. The molecule has 0 radical (unpaired) electrons. The Morgan fingerprint density at radius 2 is 2.05 bits per heavy atom. The lowest BCUT2D eigenvalue weighted by molar-refractivity contribution is 0.0789. The Kier molecular flexibility index (Phi) is 3.80. The van der Waals surface area contributed by atoms with Crippen LogP contribution in [0.1, 0.15) is 40.9 Å². The van der Waals surface area contributed by atoms with Crippen molar-refractivity contribution in [1.82, 2.24) is 4.90 Å². The minimum atomic E-state index is 0.0571. The zero-order chi connectivity index (χ0) is 14.0. The SMILES string of the molecule is CN(Cc1ccoc1)C(=O)c1ccc(C(C)(C)C)s1. The van der Waals surface area contributed by atoms with Crippen LogP contribution >= 0.6 is 11.3 Å². The van der Waals surface area contributed by atoms with Crippen LogP contribution in [-0.4, -0.2) is 17.9 Å². The number of carbonyl (C=O) groups is 1. The molecule has 0 bridgehead atoms. The van der Waals surface area contributed by atoms with Crippen LogP contribution in [-0.2, 0) is 12.0 Å². The maximum atomic E-state index is 12.3. The van der Waals surface area contributed by atoms with E-state index in [9.17, 15) is 4.79 Å². The molecule has 102 valence electrons. The molecule has 2 heterocycles. The van der Waals surface area contributed by atoms with E-state index in [2.05, 4.69) is 20.8 Å². The van der Waals surface area contributed by atoms with Gasteiger partial charge in [0.2, 0.25) is 0 Å². The van der Waals surface area contributed by atoms with E-state index in [0.29, 0.717) is 6.54 Å². The molecule has 0 fully saturated rings. The fourth-order valence-electron chi connectivity index (χ4n) is 1.77. The normalized spacial score (nSPS) is 11.6. The molecule has 0 N–H and O–H groups in total. The summed E-state index contributed by atoms with van der Waals surface area (Å²) in [6, 6.07) is 5.84. The molecule has 0 spiro atoms. The standard InChI is InChI=1S/C15H19NO2S/c1-15(2,3)13-6-5-12(19-13)14(17)16(4)9-11-7-8-18-10-11/h5-8,10H,9H2,1-4H3. The summed E-state index contributed by atoms with van der Waals surface area (Å²) in [5, 5.41) is 0. The molecule has 2 aromatic heterocycles. The number of furan rings is 1. The number of carbonyl (C=O) groups excluding carboxylic acids is 1. The third kappa shape index (κ3) is 3.26. The van der Waals surface area contributed by atoms with Gasteiger partial charge in [0.1, 0.15) is 0 Å². The van der Waals surface area contributed by atoms with E-state index in [1.165, 1.54) is 4.88 Å². The van der Waals surface area contributed by atoms with Crippen LogP contribution in [0, 0.1) is 0 Å². The van der Waals surface area contributed by atoms with Gasteiger partial charge in [0, 0.05) is 24.0 Å². The van der Waals surface area contributed by atoms with Gasteiger partial charge < -0.3 is 9.32 Å². The summed E-state index contributed by atoms with van der Waals surface area (Å²) in [5.74, 6) is 0.0571. The molecule has 0 saturated heterocycles. The van der Waals surface area contributed by atoms with Crippen LogP contribution in [0.25, 0.3) is 0 Å². The van der Waals surface area contributed by atoms with Gasteiger partial charge in [0.05, 0.1) is 17.4 Å². The quantitative estimate of drug-likeness (QED) is 0.852. The highest BCUT2D eigenvalue weighted by atomic mass is 32.1. The maximum absolute atomic E-state index is 12.3. The summed E-state index contributed by atoms with van der Waals surface area (Å²) < 4.78 is 5.01. The van der Waals surface area contributed by atoms with E-state index in [4.69, 9.17) is 4.42 Å². The first kappa shape index (κ1) is 13.9. The van der Waals surface area contributed by atoms with Crippen molar-refractivity contribution in [3.8, 4) is 0 Å². The Balaban J connectivity index is 2.09. The zero-order valence-electron chi connectivity index (χ0n) is 11.8. The first-order valence-electron chi connectivity index (χ1n) is 6.25. The molecule has 3 nitrogen and oxygen atoms in total. The van der Waals surface area contributed by atoms with Crippen LogP contribution < -0.4 is 0 Å². The van der Waals surface area contributed by atoms with Crippen molar-refractivity contribution in [2.75, 3.05) is 7.05 Å². The van der Waals surface area contributed by atoms with Gasteiger partial charge in [-0.05, 0) is 23.6 Å². The minimum Gasteiger partial charge on any atom is -0.472 e. The largest absolute Gasteiger partial charge is 0.472 e. The second kappa shape index (κ2) is 5.21. The van der Waals surface area contributed by atoms with Gasteiger partial charge in [-0.15, -0.1) is 11.3 Å². The van der Waals surface area contributed by atoms with E-state index in [-0.39, 0.29) is 11.3 Å². The van der Waals surface area contributed by atoms with E-state index >= 15 is 0 Å². The van der Waals surface area contributed by atoms with Gasteiger partial charge in [0.15, 0.2) is 0 Å². The van der Waals surface area contributed by atoms with E-state index in [0.717, 1.165) is 10.4 Å². The Morgan fingerprint density at radius 3 is 2.58 bits per heavy atom. The van der Waals surface area contributed by atoms with E-state index in [1.54, 1.807) is 28.8 Å². The van der Waals surface area contributed by atoms with Crippen LogP contribution in [0.3, 0.4) is 0 Å². The average molecular weight is 277 g/mol. The third-order valence-electron chi connectivity index (χ3n) is 2.90. The Labute approximate surface area is 117 Å². The van der Waals surface area contributed by atoms with Crippen LogP contribution in [0.5, 0.6) is 0 Å². The lowest BCUT2D eigenvalue weighted by Gasteiger charge is -2.16. The highest BCUT2D eigenvalue weighted by molar-refractivity contribution is 7.14. The summed E-state index contributed by atoms with van der Waals surface area (Å²) in [4.78, 5) is 16.0. The molecule has 0 aliphatic rings. The van der Waals surface area contributed by atoms with Crippen molar-refractivity contribution < 1.29 is 9.21 Å². The van der Waals surface area contributed by atoms with Gasteiger partial charge in [-0.2, -0.15) is 0 Å². The van der Waals surface area contributed by atoms with Crippen LogP contribution in [0.15, 0.2) is 35.1 Å². The first-order chi connectivity index (χ1) is 8.88. The first-order valence-corrected chi connectivity index (χ1v) is 7.06. The molecule has 0 unspecified atom stereocenters. The predicted molar refractivity (Wildman–Crippen MR) is 77.5 cm³/mol. The maximum Gasteiger partial charge on any atom is 0.263 e. The molecule has 2 rings (SSSR count). The van der Waals surface area contributed by atoms with Crippen molar-refractivity contribution in [1.29, 1.82) is 0 Å². The minimum absolute atomic E-state index is 0.0571. The molecule has 0 saturated carbocycles. The van der Waals surface area contributed by atoms with Gasteiger partial charge >= 0.3 is 0 Å². The fourth-order valence-corrected chi connectivity index (χ4v) is 2.83. The second-order valence-corrected chi connectivity index (χ2v) is 6.79. The van der Waals surface area contributed by atoms with E-state index in [1.807, 2.05) is 25.2 Å². The number of hydrogen-bond donors (Lipinski definition) is 0. The second-order valence-electron chi connectivity index (χ2n) is 5.71. The van der Waals surface area contributed by atoms with Crippen molar-refractivity contribution >= 4 is 17.2 Å². The highest BCUT2D eigenvalue weighted by Crippen LogP contribution is 2.30. The summed E-state index contributed by atoms with van der Waals surface area (Å²) in [5.41, 5.74) is 1.09. The highest BCUT2D eigenvalue weighted by Gasteiger charge is 2.20. The monoisotopic (exact) mass is 277 g/mol. The van der Waals surface area contributed by atoms with Gasteiger partial charge in [0.25, 0.3) is 5.91 Å². The van der Waals surface area contributed by atoms with Crippen molar-refractivity contribution in [3.05, 3.63) is 46.0 Å². The van der Waals surface area contributed by atoms with Gasteiger partial charge in [-0.3, -0.25) is 4.79 Å². The summed E-state index contributed by atoms with van der Waals surface area (Å²) in [6.45, 7) is 7.03. The van der Waals surface area contributed by atoms with Crippen molar-refractivity contribution in [2.24, 2.45) is 0 Å². The molecule has 0 aliphatic carbocycles. The molecule has 2 aromatic rings. The number of thiophene rings is 1. The number of rotatable bonds is 3. The van der Waals surface area contributed by atoms with Crippen molar-refractivity contribution in [2.45, 2.75) is 32.7 Å². The summed E-state index contributed by atoms with van der Waals surface area (Å²) in [6.07, 6.45) is 3.29. The molecule has 19 heavy (non-hydrogen) atoms. The Bertz CT molecular complexity index is 549. The lowest BCUT2D eigenvalue weighted by atomic mass is 9.95. The Morgan fingerprint density at radius 1 is 1.32 bits per heavy atom. The predicted octanol–water partition coefficient (Wildman–Crippen LogP) is 3.91. The average Bonchev–Trinajstić information content (AvgIpc) is 2.97. The molecule has 1 amide bonds. The molecule has 0 aromatic carbocycles. The molecule has 0 atom stereocenters. The van der Waals surface area contributed by atoms with Crippen LogP contribution in [0.4, 0.5) is 0 Å². The zero-order valence-corrected chi connectivity index (χ0v) is 12.6. The molecule has 0 aliphatic heterocycles. The van der Waals surface area contributed by atoms with Gasteiger partial charge in [-0.1, -0.05) is 20.8 Å². The summed E-state index contributed by atoms with van der Waals surface area (Å²) >= 11 is 1.57. The fraction of sp³-hybridized carbons (Fsp3) is 0.400. The Hall–Kier alpha value is -1.55. The molecular formula is C15H19NO2S. The molecular weight excluding hydrogens is 258 g/mol. The molecule has 4 heteroatoms. The lowest BCUT2D eigenvalue weighted by Crippen LogP contribution is -2.25. The topological polar surface area (TPSA) is 33.5 Å². The van der Waals surface area contributed by atoms with Crippen LogP contribution in [0.2, 0.25) is 0 Å². The van der Waals surface area contributed by atoms with Gasteiger partial charge in [-0.25, -0.2) is 0 Å². The smallest absolute Gasteiger partial charge is 0.263 e. The number of amides is 1. The van der Waals surface area contributed by atoms with E-state index < -0.39 is 0 Å². The third-order valence-corrected chi connectivity index (χ3v) is 4.40. The number of nitrogens with zero attached hydrogens (tertiary/aromatic N) is 1. The number of hydrogen-bond acceptors (Lipinski definition) is 3. The van der Waals surface area contributed by atoms with Crippen molar-refractivity contribution in [3.63, 3.8) is 0 Å².